The van der Waals surface area contributed by atoms with Crippen LogP contribution in [0.2, 0.25) is 5.02 Å². The fraction of sp³-hybridized carbons (Fsp3) is 0.304. The van der Waals surface area contributed by atoms with E-state index in [4.69, 9.17) is 11.6 Å². The van der Waals surface area contributed by atoms with Crippen LogP contribution < -0.4 is 5.32 Å². The number of halogens is 4. The predicted molar refractivity (Wildman–Crippen MR) is 113 cm³/mol. The minimum absolute atomic E-state index is 0.0197. The summed E-state index contributed by atoms with van der Waals surface area (Å²) in [6.45, 7) is -0.205. The number of carbonyl (C=O) groups is 4. The van der Waals surface area contributed by atoms with Gasteiger partial charge in [-0.1, -0.05) is 11.6 Å². The second-order valence-electron chi connectivity index (χ2n) is 8.48. The molecule has 7 nitrogen and oxygen atoms in total. The summed E-state index contributed by atoms with van der Waals surface area (Å²) in [7, 11) is 0. The first-order valence-corrected chi connectivity index (χ1v) is 10.9. The van der Waals surface area contributed by atoms with E-state index in [9.17, 15) is 32.3 Å². The smallest absolute Gasteiger partial charge is 0.330 e. The van der Waals surface area contributed by atoms with Gasteiger partial charge in [-0.15, -0.1) is 0 Å². The fourth-order valence-electron chi connectivity index (χ4n) is 4.75. The van der Waals surface area contributed by atoms with Crippen LogP contribution in [0.3, 0.4) is 0 Å². The minimum Gasteiger partial charge on any atom is -0.330 e. The summed E-state index contributed by atoms with van der Waals surface area (Å²) < 4.78 is 40.3. The average molecular weight is 492 g/mol. The molecule has 0 bridgehead atoms. The average Bonchev–Trinajstić information content (AvgIpc) is 3.35. The molecule has 0 aromatic heterocycles. The molecule has 176 valence electrons. The van der Waals surface area contributed by atoms with Gasteiger partial charge < -0.3 is 9.80 Å². The van der Waals surface area contributed by atoms with Crippen molar-refractivity contribution in [2.75, 3.05) is 0 Å². The maximum absolute atomic E-state index is 13.4. The van der Waals surface area contributed by atoms with E-state index < -0.39 is 35.5 Å². The zero-order valence-electron chi connectivity index (χ0n) is 17.5. The molecule has 1 N–H and O–H groups in total. The summed E-state index contributed by atoms with van der Waals surface area (Å²) in [6, 6.07) is 5.77. The van der Waals surface area contributed by atoms with Crippen LogP contribution in [0.5, 0.6) is 0 Å². The normalized spacial score (nSPS) is 19.9. The van der Waals surface area contributed by atoms with Crippen molar-refractivity contribution >= 4 is 35.2 Å². The van der Waals surface area contributed by atoms with E-state index in [0.29, 0.717) is 11.1 Å². The lowest BCUT2D eigenvalue weighted by Crippen LogP contribution is -2.52. The topological polar surface area (TPSA) is 86.8 Å². The van der Waals surface area contributed by atoms with Gasteiger partial charge in [0.15, 0.2) is 0 Å². The van der Waals surface area contributed by atoms with Crippen molar-refractivity contribution in [2.45, 2.75) is 44.7 Å². The summed E-state index contributed by atoms with van der Waals surface area (Å²) >= 11 is 6.11. The molecular weight excluding hydrogens is 475 g/mol. The quantitative estimate of drug-likeness (QED) is 0.653. The monoisotopic (exact) mass is 491 g/mol. The minimum atomic E-state index is -4.57. The van der Waals surface area contributed by atoms with Gasteiger partial charge in [0.1, 0.15) is 6.04 Å². The zero-order chi connectivity index (χ0) is 24.4. The third kappa shape index (κ3) is 3.62. The molecule has 1 atom stereocenters. The van der Waals surface area contributed by atoms with Crippen molar-refractivity contribution in [1.29, 1.82) is 0 Å². The Balaban J connectivity index is 1.38. The van der Waals surface area contributed by atoms with Gasteiger partial charge in [-0.2, -0.15) is 13.2 Å². The van der Waals surface area contributed by atoms with Crippen molar-refractivity contribution < 1.29 is 32.3 Å². The molecule has 0 spiro atoms. The number of benzene rings is 2. The number of carbonyl (C=O) groups excluding carboxylic acids is 4. The number of piperidine rings is 1. The standard InChI is InChI=1S/C23H17ClF3N3O4/c24-17-4-3-16(23(25,26)27)14-9-29(10-15(14)17)21(33)11-1-2-13-12(7-11)8-30(22(13)34)18-5-6-19(31)28-20(18)32/h1-4,7,18H,5-6,8-10H2,(H,28,31,32). The van der Waals surface area contributed by atoms with Gasteiger partial charge in [0.25, 0.3) is 11.8 Å². The number of nitrogens with one attached hydrogen (secondary N) is 1. The van der Waals surface area contributed by atoms with Gasteiger partial charge in [-0.3, -0.25) is 24.5 Å². The van der Waals surface area contributed by atoms with Crippen molar-refractivity contribution in [1.82, 2.24) is 15.1 Å². The van der Waals surface area contributed by atoms with Crippen LogP contribution >= 0.6 is 11.6 Å². The van der Waals surface area contributed by atoms with E-state index in [2.05, 4.69) is 5.32 Å². The number of rotatable bonds is 2. The Hall–Kier alpha value is -3.40. The van der Waals surface area contributed by atoms with E-state index in [0.717, 1.165) is 6.07 Å². The molecular formula is C23H17ClF3N3O4. The van der Waals surface area contributed by atoms with Crippen molar-refractivity contribution in [3.63, 3.8) is 0 Å². The Kier molecular flexibility index (Phi) is 5.16. The summed E-state index contributed by atoms with van der Waals surface area (Å²) in [4.78, 5) is 52.2. The van der Waals surface area contributed by atoms with Crippen molar-refractivity contribution in [3.8, 4) is 0 Å². The van der Waals surface area contributed by atoms with Crippen LogP contribution in [0.1, 0.15) is 55.8 Å². The molecule has 0 radical (unpaired) electrons. The largest absolute Gasteiger partial charge is 0.416 e. The van der Waals surface area contributed by atoms with Crippen LogP contribution in [0.15, 0.2) is 30.3 Å². The first-order chi connectivity index (χ1) is 16.0. The third-order valence-corrected chi connectivity index (χ3v) is 6.79. The highest BCUT2D eigenvalue weighted by molar-refractivity contribution is 6.31. The van der Waals surface area contributed by atoms with Gasteiger partial charge in [0.2, 0.25) is 11.8 Å². The summed E-state index contributed by atoms with van der Waals surface area (Å²) in [6.07, 6.45) is -4.23. The number of alkyl halides is 3. The highest BCUT2D eigenvalue weighted by Crippen LogP contribution is 2.40. The second-order valence-corrected chi connectivity index (χ2v) is 8.89. The molecule has 34 heavy (non-hydrogen) atoms. The Morgan fingerprint density at radius 2 is 1.76 bits per heavy atom. The van der Waals surface area contributed by atoms with Gasteiger partial charge in [0, 0.05) is 42.2 Å². The number of amides is 4. The predicted octanol–water partition coefficient (Wildman–Crippen LogP) is 3.28. The van der Waals surface area contributed by atoms with Crippen molar-refractivity contribution in [2.24, 2.45) is 0 Å². The Morgan fingerprint density at radius 1 is 1.03 bits per heavy atom. The molecule has 0 aliphatic carbocycles. The molecule has 2 aromatic carbocycles. The van der Waals surface area contributed by atoms with Gasteiger partial charge in [-0.25, -0.2) is 0 Å². The SMILES string of the molecule is O=C1CCC(N2Cc3cc(C(=O)N4Cc5c(Cl)ccc(C(F)(F)F)c5C4)ccc3C2=O)C(=O)N1. The van der Waals surface area contributed by atoms with E-state index >= 15 is 0 Å². The van der Waals surface area contributed by atoms with E-state index in [-0.39, 0.29) is 60.1 Å². The molecule has 1 saturated heterocycles. The van der Waals surface area contributed by atoms with Gasteiger partial charge in [-0.05, 0) is 53.4 Å². The molecule has 3 heterocycles. The summed E-state index contributed by atoms with van der Waals surface area (Å²) in [5.41, 5.74) is 0.523. The fourth-order valence-corrected chi connectivity index (χ4v) is 4.99. The molecule has 1 fully saturated rings. The van der Waals surface area contributed by atoms with Gasteiger partial charge in [0.05, 0.1) is 5.56 Å². The lowest BCUT2D eigenvalue weighted by Gasteiger charge is -2.29. The number of fused-ring (bicyclic) bond motifs is 2. The molecule has 3 aliphatic rings. The first kappa shape index (κ1) is 22.4. The number of hydrogen-bond acceptors (Lipinski definition) is 4. The second kappa shape index (κ2) is 7.83. The molecule has 0 saturated carbocycles. The number of hydrogen-bond donors (Lipinski definition) is 1. The highest BCUT2D eigenvalue weighted by Gasteiger charge is 2.41. The van der Waals surface area contributed by atoms with Gasteiger partial charge >= 0.3 is 6.18 Å². The molecule has 2 aromatic rings. The molecule has 3 aliphatic heterocycles. The van der Waals surface area contributed by atoms with E-state index in [1.807, 2.05) is 0 Å². The third-order valence-electron chi connectivity index (χ3n) is 6.44. The lowest BCUT2D eigenvalue weighted by atomic mass is 10.0. The van der Waals surface area contributed by atoms with Crippen LogP contribution in [-0.4, -0.2) is 39.5 Å². The Bertz CT molecular complexity index is 1280. The Labute approximate surface area is 196 Å². The van der Waals surface area contributed by atoms with Crippen LogP contribution in [0.25, 0.3) is 0 Å². The highest BCUT2D eigenvalue weighted by atomic mass is 35.5. The maximum atomic E-state index is 13.4. The van der Waals surface area contributed by atoms with Crippen LogP contribution in [-0.2, 0) is 35.4 Å². The van der Waals surface area contributed by atoms with Crippen molar-refractivity contribution in [3.05, 3.63) is 68.7 Å². The Morgan fingerprint density at radius 3 is 2.47 bits per heavy atom. The van der Waals surface area contributed by atoms with Crippen LogP contribution in [0.4, 0.5) is 13.2 Å². The summed E-state index contributed by atoms with van der Waals surface area (Å²) in [5, 5.41) is 2.39. The zero-order valence-corrected chi connectivity index (χ0v) is 18.3. The molecule has 5 rings (SSSR count). The van der Waals surface area contributed by atoms with E-state index in [1.54, 1.807) is 0 Å². The van der Waals surface area contributed by atoms with Crippen LogP contribution in [0, 0.1) is 0 Å². The van der Waals surface area contributed by atoms with E-state index in [1.165, 1.54) is 34.1 Å². The lowest BCUT2D eigenvalue weighted by molar-refractivity contribution is -0.138. The molecule has 4 amide bonds. The number of nitrogens with zero attached hydrogens (tertiary/aromatic N) is 2. The number of imide groups is 1. The molecule has 11 heteroatoms. The maximum Gasteiger partial charge on any atom is 0.416 e. The summed E-state index contributed by atoms with van der Waals surface area (Å²) in [5.74, 6) is -1.80. The molecule has 1 unspecified atom stereocenters. The first-order valence-electron chi connectivity index (χ1n) is 10.5.